The Morgan fingerprint density at radius 3 is 2.72 bits per heavy atom. The van der Waals surface area contributed by atoms with Crippen LogP contribution in [0, 0.1) is 13.8 Å². The first-order chi connectivity index (χ1) is 12.1. The first-order valence-electron chi connectivity index (χ1n) is 8.28. The predicted octanol–water partition coefficient (Wildman–Crippen LogP) is 4.29. The zero-order chi connectivity index (χ0) is 17.4. The molecule has 128 valence electrons. The number of hydrazine groups is 1. The van der Waals surface area contributed by atoms with E-state index in [9.17, 15) is 0 Å². The Morgan fingerprint density at radius 1 is 1.08 bits per heavy atom. The quantitative estimate of drug-likeness (QED) is 0.734. The molecule has 0 spiro atoms. The summed E-state index contributed by atoms with van der Waals surface area (Å²) < 4.78 is 5.47. The SMILES string of the molecule is Cc1ccc(C)c(C2CC(c3nc(-c4ccccc4Cl)no3)NN2)c1. The number of aryl methyl sites for hydroxylation is 2. The largest absolute Gasteiger partial charge is 0.337 e. The van der Waals surface area contributed by atoms with Gasteiger partial charge in [0.2, 0.25) is 11.7 Å². The van der Waals surface area contributed by atoms with Gasteiger partial charge in [0.05, 0.1) is 5.02 Å². The average Bonchev–Trinajstić information content (AvgIpc) is 3.26. The summed E-state index contributed by atoms with van der Waals surface area (Å²) in [4.78, 5) is 4.53. The number of rotatable bonds is 3. The van der Waals surface area contributed by atoms with Crippen molar-refractivity contribution in [2.75, 3.05) is 0 Å². The zero-order valence-corrected chi connectivity index (χ0v) is 14.8. The molecule has 0 saturated carbocycles. The van der Waals surface area contributed by atoms with Crippen LogP contribution in [0.2, 0.25) is 5.02 Å². The molecule has 2 heterocycles. The molecule has 1 saturated heterocycles. The summed E-state index contributed by atoms with van der Waals surface area (Å²) in [5.41, 5.74) is 11.2. The molecule has 4 rings (SSSR count). The second kappa shape index (κ2) is 6.59. The van der Waals surface area contributed by atoms with Crippen LogP contribution in [-0.4, -0.2) is 10.1 Å². The Hall–Kier alpha value is -2.21. The molecule has 1 aromatic heterocycles. The third kappa shape index (κ3) is 3.18. The number of hydrogen-bond donors (Lipinski definition) is 2. The maximum absolute atomic E-state index is 6.21. The molecule has 2 aromatic carbocycles. The summed E-state index contributed by atoms with van der Waals surface area (Å²) in [6.07, 6.45) is 0.842. The number of nitrogens with one attached hydrogen (secondary N) is 2. The Morgan fingerprint density at radius 2 is 1.88 bits per heavy atom. The van der Waals surface area contributed by atoms with Crippen LogP contribution in [0.4, 0.5) is 0 Å². The first-order valence-corrected chi connectivity index (χ1v) is 8.66. The fourth-order valence-corrected chi connectivity index (χ4v) is 3.41. The molecule has 1 aliphatic rings. The molecule has 1 fully saturated rings. The van der Waals surface area contributed by atoms with E-state index in [-0.39, 0.29) is 12.1 Å². The highest BCUT2D eigenvalue weighted by Gasteiger charge is 2.31. The van der Waals surface area contributed by atoms with Crippen LogP contribution in [0.15, 0.2) is 47.0 Å². The fourth-order valence-electron chi connectivity index (χ4n) is 3.19. The summed E-state index contributed by atoms with van der Waals surface area (Å²) in [6, 6.07) is 14.2. The van der Waals surface area contributed by atoms with Gasteiger partial charge in [0.1, 0.15) is 6.04 Å². The monoisotopic (exact) mass is 354 g/mol. The Labute approximate surface area is 151 Å². The Bertz CT molecular complexity index is 908. The van der Waals surface area contributed by atoms with Crippen molar-refractivity contribution in [1.82, 2.24) is 21.0 Å². The van der Waals surface area contributed by atoms with Crippen LogP contribution in [0.5, 0.6) is 0 Å². The minimum atomic E-state index is -0.0337. The van der Waals surface area contributed by atoms with Crippen LogP contribution >= 0.6 is 11.6 Å². The lowest BCUT2D eigenvalue weighted by molar-refractivity contribution is 0.340. The first kappa shape index (κ1) is 16.3. The number of benzene rings is 2. The smallest absolute Gasteiger partial charge is 0.245 e. The zero-order valence-electron chi connectivity index (χ0n) is 14.1. The number of halogens is 1. The highest BCUT2D eigenvalue weighted by molar-refractivity contribution is 6.33. The van der Waals surface area contributed by atoms with Gasteiger partial charge in [-0.05, 0) is 43.5 Å². The van der Waals surface area contributed by atoms with E-state index in [1.807, 2.05) is 24.3 Å². The van der Waals surface area contributed by atoms with Crippen molar-refractivity contribution in [2.24, 2.45) is 0 Å². The number of nitrogens with zero attached hydrogens (tertiary/aromatic N) is 2. The third-order valence-electron chi connectivity index (χ3n) is 4.57. The van der Waals surface area contributed by atoms with Crippen molar-refractivity contribution in [3.05, 3.63) is 70.1 Å². The summed E-state index contributed by atoms with van der Waals surface area (Å²) in [7, 11) is 0. The summed E-state index contributed by atoms with van der Waals surface area (Å²) in [6.45, 7) is 4.24. The van der Waals surface area contributed by atoms with Crippen molar-refractivity contribution in [3.8, 4) is 11.4 Å². The van der Waals surface area contributed by atoms with Gasteiger partial charge in [-0.1, -0.05) is 52.7 Å². The molecule has 25 heavy (non-hydrogen) atoms. The van der Waals surface area contributed by atoms with Gasteiger partial charge < -0.3 is 4.52 Å². The second-order valence-electron chi connectivity index (χ2n) is 6.43. The van der Waals surface area contributed by atoms with Crippen LogP contribution < -0.4 is 10.9 Å². The molecule has 0 aliphatic carbocycles. The van der Waals surface area contributed by atoms with Crippen molar-refractivity contribution < 1.29 is 4.52 Å². The lowest BCUT2D eigenvalue weighted by atomic mass is 9.96. The van der Waals surface area contributed by atoms with Crippen molar-refractivity contribution in [3.63, 3.8) is 0 Å². The molecule has 0 bridgehead atoms. The van der Waals surface area contributed by atoms with Gasteiger partial charge in [-0.2, -0.15) is 4.98 Å². The second-order valence-corrected chi connectivity index (χ2v) is 6.83. The Kier molecular flexibility index (Phi) is 4.29. The third-order valence-corrected chi connectivity index (χ3v) is 4.90. The molecule has 2 unspecified atom stereocenters. The van der Waals surface area contributed by atoms with Crippen molar-refractivity contribution >= 4 is 11.6 Å². The maximum Gasteiger partial charge on any atom is 0.245 e. The van der Waals surface area contributed by atoms with E-state index >= 15 is 0 Å². The molecular weight excluding hydrogens is 336 g/mol. The molecule has 2 atom stereocenters. The van der Waals surface area contributed by atoms with E-state index in [1.165, 1.54) is 16.7 Å². The molecule has 0 amide bonds. The average molecular weight is 355 g/mol. The topological polar surface area (TPSA) is 63.0 Å². The highest BCUT2D eigenvalue weighted by Crippen LogP contribution is 2.33. The van der Waals surface area contributed by atoms with E-state index in [1.54, 1.807) is 0 Å². The maximum atomic E-state index is 6.21. The van der Waals surface area contributed by atoms with Crippen LogP contribution in [0.3, 0.4) is 0 Å². The molecule has 1 aliphatic heterocycles. The lowest BCUT2D eigenvalue weighted by Gasteiger charge is -2.13. The van der Waals surface area contributed by atoms with Gasteiger partial charge in [-0.25, -0.2) is 10.9 Å². The van der Waals surface area contributed by atoms with Crippen molar-refractivity contribution in [2.45, 2.75) is 32.4 Å². The highest BCUT2D eigenvalue weighted by atomic mass is 35.5. The fraction of sp³-hybridized carbons (Fsp3) is 0.263. The summed E-state index contributed by atoms with van der Waals surface area (Å²) in [5, 5.41) is 4.69. The molecule has 2 N–H and O–H groups in total. The molecule has 5 nitrogen and oxygen atoms in total. The molecular formula is C19H19ClN4O. The predicted molar refractivity (Wildman–Crippen MR) is 97.0 cm³/mol. The van der Waals surface area contributed by atoms with Crippen LogP contribution in [0.1, 0.15) is 41.1 Å². The molecule has 3 aromatic rings. The van der Waals surface area contributed by atoms with Gasteiger partial charge in [0.25, 0.3) is 0 Å². The normalized spacial score (nSPS) is 20.1. The summed E-state index contributed by atoms with van der Waals surface area (Å²) in [5.74, 6) is 1.08. The minimum absolute atomic E-state index is 0.0337. The lowest BCUT2D eigenvalue weighted by Crippen LogP contribution is -2.27. The Balaban J connectivity index is 1.55. The number of hydrogen-bond acceptors (Lipinski definition) is 5. The summed E-state index contributed by atoms with van der Waals surface area (Å²) >= 11 is 6.21. The van der Waals surface area contributed by atoms with Gasteiger partial charge in [0, 0.05) is 11.6 Å². The van der Waals surface area contributed by atoms with E-state index in [0.717, 1.165) is 12.0 Å². The van der Waals surface area contributed by atoms with Crippen molar-refractivity contribution in [1.29, 1.82) is 0 Å². The van der Waals surface area contributed by atoms with E-state index in [4.69, 9.17) is 16.1 Å². The standard InChI is InChI=1S/C19H19ClN4O/c1-11-7-8-12(2)14(9-11)16-10-17(23-22-16)19-21-18(24-25-19)13-5-3-4-6-15(13)20/h3-9,16-17,22-23H,10H2,1-2H3. The van der Waals surface area contributed by atoms with Gasteiger partial charge >= 0.3 is 0 Å². The van der Waals surface area contributed by atoms with Crippen LogP contribution in [-0.2, 0) is 0 Å². The van der Waals surface area contributed by atoms with Gasteiger partial charge in [-0.15, -0.1) is 0 Å². The molecule has 6 heteroatoms. The van der Waals surface area contributed by atoms with E-state index < -0.39 is 0 Å². The van der Waals surface area contributed by atoms with Gasteiger partial charge in [-0.3, -0.25) is 0 Å². The number of aromatic nitrogens is 2. The van der Waals surface area contributed by atoms with E-state index in [0.29, 0.717) is 16.7 Å². The molecule has 0 radical (unpaired) electrons. The minimum Gasteiger partial charge on any atom is -0.337 e. The van der Waals surface area contributed by atoms with Crippen LogP contribution in [0.25, 0.3) is 11.4 Å². The van der Waals surface area contributed by atoms with Gasteiger partial charge in [0.15, 0.2) is 0 Å². The van der Waals surface area contributed by atoms with E-state index in [2.05, 4.69) is 53.0 Å².